The van der Waals surface area contributed by atoms with Crippen molar-refractivity contribution in [3.05, 3.63) is 35.7 Å². The van der Waals surface area contributed by atoms with Gasteiger partial charge in [-0.25, -0.2) is 14.7 Å². The molecule has 23 heavy (non-hydrogen) atoms. The van der Waals surface area contributed by atoms with Crippen LogP contribution in [0.25, 0.3) is 10.6 Å². The highest BCUT2D eigenvalue weighted by molar-refractivity contribution is 7.13. The fraction of sp³-hybridized carbons (Fsp3) is 0.200. The maximum Gasteiger partial charge on any atom is 0.330 e. The average Bonchev–Trinajstić information content (AvgIpc) is 3.13. The molecule has 7 nitrogen and oxygen atoms in total. The van der Waals surface area contributed by atoms with Crippen molar-refractivity contribution in [3.63, 3.8) is 0 Å². The summed E-state index contributed by atoms with van der Waals surface area (Å²) in [5, 5.41) is 4.81. The van der Waals surface area contributed by atoms with Crippen LogP contribution >= 0.6 is 11.3 Å². The molecular formula is C15H13N3O4S. The molecule has 3 rings (SSSR count). The van der Waals surface area contributed by atoms with Crippen LogP contribution in [0.3, 0.4) is 0 Å². The van der Waals surface area contributed by atoms with Crippen LogP contribution in [-0.2, 0) is 14.3 Å². The number of anilines is 1. The lowest BCUT2D eigenvalue weighted by Gasteiger charge is -2.09. The minimum Gasteiger partial charge on any atom is -0.469 e. The summed E-state index contributed by atoms with van der Waals surface area (Å²) in [6.45, 7) is 0. The third-order valence-corrected chi connectivity index (χ3v) is 4.24. The van der Waals surface area contributed by atoms with Gasteiger partial charge >= 0.3 is 12.0 Å². The Kier molecular flexibility index (Phi) is 4.07. The molecule has 0 aliphatic carbocycles. The van der Waals surface area contributed by atoms with Crippen molar-refractivity contribution < 1.29 is 19.1 Å². The van der Waals surface area contributed by atoms with Crippen molar-refractivity contribution in [2.75, 3.05) is 12.0 Å². The average molecular weight is 331 g/mol. The molecule has 0 radical (unpaired) electrons. The van der Waals surface area contributed by atoms with Crippen LogP contribution in [0.2, 0.25) is 0 Å². The van der Waals surface area contributed by atoms with E-state index in [1.165, 1.54) is 18.4 Å². The van der Waals surface area contributed by atoms with E-state index in [9.17, 15) is 14.4 Å². The van der Waals surface area contributed by atoms with Gasteiger partial charge in [0.15, 0.2) is 5.82 Å². The molecule has 118 valence electrons. The Morgan fingerprint density at radius 2 is 2.09 bits per heavy atom. The molecule has 0 unspecified atom stereocenters. The van der Waals surface area contributed by atoms with Crippen LogP contribution in [0.1, 0.15) is 6.42 Å². The van der Waals surface area contributed by atoms with Crippen LogP contribution in [0, 0.1) is 0 Å². The first-order chi connectivity index (χ1) is 11.1. The van der Waals surface area contributed by atoms with Crippen molar-refractivity contribution in [1.29, 1.82) is 0 Å². The van der Waals surface area contributed by atoms with Crippen molar-refractivity contribution in [2.45, 2.75) is 12.5 Å². The van der Waals surface area contributed by atoms with Crippen LogP contribution in [0.5, 0.6) is 0 Å². The number of hydrogen-bond acceptors (Lipinski definition) is 6. The topological polar surface area (TPSA) is 88.6 Å². The third-order valence-electron chi connectivity index (χ3n) is 3.36. The highest BCUT2D eigenvalue weighted by Crippen LogP contribution is 2.29. The number of thiazole rings is 1. The van der Waals surface area contributed by atoms with Gasteiger partial charge in [-0.3, -0.25) is 9.59 Å². The van der Waals surface area contributed by atoms with Crippen molar-refractivity contribution in [3.8, 4) is 10.6 Å². The third kappa shape index (κ3) is 2.93. The number of rotatable bonds is 4. The first-order valence-corrected chi connectivity index (χ1v) is 7.70. The second kappa shape index (κ2) is 6.17. The molecule has 8 heteroatoms. The van der Waals surface area contributed by atoms with E-state index in [1.54, 1.807) is 5.38 Å². The van der Waals surface area contributed by atoms with E-state index in [0.717, 1.165) is 10.5 Å². The molecule has 2 aromatic rings. The minimum absolute atomic E-state index is 0.201. The number of carbonyl (C=O) groups is 3. The molecule has 3 amide bonds. The molecule has 0 spiro atoms. The zero-order chi connectivity index (χ0) is 16.4. The minimum atomic E-state index is -0.920. The van der Waals surface area contributed by atoms with Gasteiger partial charge in [0.1, 0.15) is 11.0 Å². The Morgan fingerprint density at radius 3 is 2.78 bits per heavy atom. The first kappa shape index (κ1) is 15.2. The van der Waals surface area contributed by atoms with Gasteiger partial charge in [0, 0.05) is 10.9 Å². The van der Waals surface area contributed by atoms with Gasteiger partial charge in [-0.2, -0.15) is 0 Å². The quantitative estimate of drug-likeness (QED) is 0.682. The Hall–Kier alpha value is -2.74. The zero-order valence-electron chi connectivity index (χ0n) is 12.2. The van der Waals surface area contributed by atoms with Gasteiger partial charge in [-0.15, -0.1) is 11.3 Å². The SMILES string of the molecule is COC(=O)C[C@H]1NC(=O)N(c2csc(-c3ccccc3)n2)C1=O. The standard InChI is InChI=1S/C15H13N3O4S/c1-22-12(19)7-10-14(20)18(15(21)16-10)11-8-23-13(17-11)9-5-3-2-4-6-9/h2-6,8,10H,7H2,1H3,(H,16,21)/t10-/m1/s1. The van der Waals surface area contributed by atoms with E-state index in [0.29, 0.717) is 5.01 Å². The Labute approximate surface area is 135 Å². The van der Waals surface area contributed by atoms with Gasteiger partial charge in [0.05, 0.1) is 13.5 Å². The summed E-state index contributed by atoms with van der Waals surface area (Å²) >= 11 is 1.34. The molecule has 1 aromatic carbocycles. The lowest BCUT2D eigenvalue weighted by molar-refractivity contribution is -0.142. The smallest absolute Gasteiger partial charge is 0.330 e. The van der Waals surface area contributed by atoms with Crippen LogP contribution in [-0.4, -0.2) is 36.0 Å². The molecule has 1 aliphatic heterocycles. The van der Waals surface area contributed by atoms with Crippen molar-refractivity contribution in [1.82, 2.24) is 10.3 Å². The number of methoxy groups -OCH3 is 1. The van der Waals surface area contributed by atoms with E-state index in [2.05, 4.69) is 15.0 Å². The van der Waals surface area contributed by atoms with E-state index in [-0.39, 0.29) is 12.2 Å². The molecule has 1 fully saturated rings. The van der Waals surface area contributed by atoms with Gasteiger partial charge in [0.25, 0.3) is 5.91 Å². The highest BCUT2D eigenvalue weighted by Gasteiger charge is 2.41. The zero-order valence-corrected chi connectivity index (χ0v) is 13.0. The fourth-order valence-corrected chi connectivity index (χ4v) is 3.01. The Morgan fingerprint density at radius 1 is 1.35 bits per heavy atom. The molecular weight excluding hydrogens is 318 g/mol. The van der Waals surface area contributed by atoms with Gasteiger partial charge in [0.2, 0.25) is 0 Å². The molecule has 0 bridgehead atoms. The van der Waals surface area contributed by atoms with Crippen LogP contribution < -0.4 is 10.2 Å². The predicted molar refractivity (Wildman–Crippen MR) is 84.0 cm³/mol. The van der Waals surface area contributed by atoms with Gasteiger partial charge < -0.3 is 10.1 Å². The number of hydrogen-bond donors (Lipinski definition) is 1. The molecule has 1 aliphatic rings. The number of carbonyl (C=O) groups excluding carboxylic acids is 3. The maximum absolute atomic E-state index is 12.3. The molecule has 1 N–H and O–H groups in total. The second-order valence-corrected chi connectivity index (χ2v) is 5.69. The Bertz CT molecular complexity index is 759. The first-order valence-electron chi connectivity index (χ1n) is 6.82. The molecule has 1 aromatic heterocycles. The lowest BCUT2D eigenvalue weighted by atomic mass is 10.2. The largest absolute Gasteiger partial charge is 0.469 e. The number of esters is 1. The molecule has 1 atom stereocenters. The normalized spacial score (nSPS) is 17.3. The summed E-state index contributed by atoms with van der Waals surface area (Å²) in [5.74, 6) is -0.817. The van der Waals surface area contributed by atoms with E-state index < -0.39 is 23.9 Å². The number of nitrogens with zero attached hydrogens (tertiary/aromatic N) is 2. The van der Waals surface area contributed by atoms with E-state index in [1.807, 2.05) is 30.3 Å². The van der Waals surface area contributed by atoms with E-state index >= 15 is 0 Å². The number of imide groups is 1. The highest BCUT2D eigenvalue weighted by atomic mass is 32.1. The van der Waals surface area contributed by atoms with Crippen molar-refractivity contribution in [2.24, 2.45) is 0 Å². The summed E-state index contributed by atoms with van der Waals surface area (Å²) in [6.07, 6.45) is -0.201. The summed E-state index contributed by atoms with van der Waals surface area (Å²) in [6, 6.07) is 7.95. The summed E-state index contributed by atoms with van der Waals surface area (Å²) < 4.78 is 4.52. The van der Waals surface area contributed by atoms with Crippen LogP contribution in [0.4, 0.5) is 10.6 Å². The van der Waals surface area contributed by atoms with Crippen LogP contribution in [0.15, 0.2) is 35.7 Å². The summed E-state index contributed by atoms with van der Waals surface area (Å²) in [7, 11) is 1.23. The van der Waals surface area contributed by atoms with E-state index in [4.69, 9.17) is 0 Å². The fourth-order valence-electron chi connectivity index (χ4n) is 2.22. The number of urea groups is 1. The number of amides is 3. The number of benzene rings is 1. The molecule has 1 saturated heterocycles. The van der Waals surface area contributed by atoms with Gasteiger partial charge in [-0.1, -0.05) is 30.3 Å². The van der Waals surface area contributed by atoms with Crippen molar-refractivity contribution >= 4 is 35.1 Å². The molecule has 2 heterocycles. The second-order valence-electron chi connectivity index (χ2n) is 4.83. The predicted octanol–water partition coefficient (Wildman–Crippen LogP) is 1.80. The maximum atomic E-state index is 12.3. The Balaban J connectivity index is 1.82. The number of ether oxygens (including phenoxy) is 1. The molecule has 0 saturated carbocycles. The summed E-state index contributed by atoms with van der Waals surface area (Å²) in [4.78, 5) is 40.9. The lowest BCUT2D eigenvalue weighted by Crippen LogP contribution is -2.33. The number of aromatic nitrogens is 1. The monoisotopic (exact) mass is 331 g/mol. The summed E-state index contributed by atoms with van der Waals surface area (Å²) in [5.41, 5.74) is 0.905. The number of nitrogens with one attached hydrogen (secondary N) is 1. The van der Waals surface area contributed by atoms with Gasteiger partial charge in [-0.05, 0) is 0 Å².